The topological polar surface area (TPSA) is 76.6 Å². The van der Waals surface area contributed by atoms with E-state index in [1.54, 1.807) is 20.4 Å². The Balaban J connectivity index is 1.83. The van der Waals surface area contributed by atoms with Gasteiger partial charge in [0.2, 0.25) is 0 Å². The molecule has 31 heavy (non-hydrogen) atoms. The SMILES string of the molecule is COc1cc(Nc2c(C(=O)N3CCCCC3C)cnc3nc(C)ccc23)cc(OC)c1. The molecule has 1 saturated heterocycles. The molecule has 2 aromatic heterocycles. The summed E-state index contributed by atoms with van der Waals surface area (Å²) in [7, 11) is 3.22. The van der Waals surface area contributed by atoms with Gasteiger partial charge in [-0.15, -0.1) is 0 Å². The van der Waals surface area contributed by atoms with E-state index in [2.05, 4.69) is 22.2 Å². The fourth-order valence-electron chi connectivity index (χ4n) is 4.05. The Morgan fingerprint density at radius 3 is 2.55 bits per heavy atom. The number of methoxy groups -OCH3 is 2. The van der Waals surface area contributed by atoms with Gasteiger partial charge in [0.1, 0.15) is 11.5 Å². The molecule has 7 nitrogen and oxygen atoms in total. The second kappa shape index (κ2) is 8.79. The highest BCUT2D eigenvalue weighted by atomic mass is 16.5. The van der Waals surface area contributed by atoms with Crippen LogP contribution in [0.3, 0.4) is 0 Å². The third kappa shape index (κ3) is 4.26. The highest BCUT2D eigenvalue weighted by molar-refractivity contribution is 6.07. The first-order valence-corrected chi connectivity index (χ1v) is 10.6. The Morgan fingerprint density at radius 2 is 1.87 bits per heavy atom. The fraction of sp³-hybridized carbons (Fsp3) is 0.375. The molecule has 1 aliphatic heterocycles. The lowest BCUT2D eigenvalue weighted by molar-refractivity contribution is 0.0636. The van der Waals surface area contributed by atoms with Crippen molar-refractivity contribution < 1.29 is 14.3 Å². The zero-order valence-corrected chi connectivity index (χ0v) is 18.4. The number of carbonyl (C=O) groups is 1. The van der Waals surface area contributed by atoms with Crippen LogP contribution in [0.4, 0.5) is 11.4 Å². The number of nitrogens with one attached hydrogen (secondary N) is 1. The molecule has 1 atom stereocenters. The van der Waals surface area contributed by atoms with E-state index in [0.29, 0.717) is 28.4 Å². The van der Waals surface area contributed by atoms with Crippen molar-refractivity contribution in [2.45, 2.75) is 39.2 Å². The van der Waals surface area contributed by atoms with Crippen LogP contribution < -0.4 is 14.8 Å². The molecular formula is C24H28N4O3. The zero-order chi connectivity index (χ0) is 22.0. The molecule has 1 fully saturated rings. The highest BCUT2D eigenvalue weighted by Crippen LogP contribution is 2.34. The molecule has 0 radical (unpaired) electrons. The maximum Gasteiger partial charge on any atom is 0.257 e. The predicted octanol–water partition coefficient (Wildman–Crippen LogP) is 4.71. The monoisotopic (exact) mass is 420 g/mol. The lowest BCUT2D eigenvalue weighted by Gasteiger charge is -2.34. The van der Waals surface area contributed by atoms with Gasteiger partial charge in [0, 0.05) is 53.8 Å². The van der Waals surface area contributed by atoms with Crippen LogP contribution in [0.2, 0.25) is 0 Å². The number of rotatable bonds is 5. The Bertz CT molecular complexity index is 1090. The summed E-state index contributed by atoms with van der Waals surface area (Å²) in [5, 5.41) is 4.23. The van der Waals surface area contributed by atoms with E-state index < -0.39 is 0 Å². The fourth-order valence-corrected chi connectivity index (χ4v) is 4.05. The molecule has 3 aromatic rings. The van der Waals surface area contributed by atoms with Crippen molar-refractivity contribution in [3.05, 3.63) is 47.8 Å². The molecule has 1 N–H and O–H groups in total. The molecule has 0 saturated carbocycles. The minimum atomic E-state index is -0.0143. The van der Waals surface area contributed by atoms with Crippen molar-refractivity contribution in [2.24, 2.45) is 0 Å². The van der Waals surface area contributed by atoms with Crippen LogP contribution in [0.5, 0.6) is 11.5 Å². The standard InChI is InChI=1S/C24H28N4O3/c1-15-8-9-20-22(27-17-11-18(30-3)13-19(12-17)31-4)21(14-25-23(20)26-15)24(29)28-10-6-5-7-16(28)2/h8-9,11-14,16H,5-7,10H2,1-4H3,(H,25,26,27). The summed E-state index contributed by atoms with van der Waals surface area (Å²) in [6.45, 7) is 4.79. The first-order chi connectivity index (χ1) is 15.0. The van der Waals surface area contributed by atoms with E-state index in [1.807, 2.05) is 42.2 Å². The summed E-state index contributed by atoms with van der Waals surface area (Å²) >= 11 is 0. The van der Waals surface area contributed by atoms with Crippen molar-refractivity contribution in [1.82, 2.24) is 14.9 Å². The summed E-state index contributed by atoms with van der Waals surface area (Å²) in [5.41, 5.74) is 3.45. The van der Waals surface area contributed by atoms with E-state index in [-0.39, 0.29) is 11.9 Å². The molecule has 1 aromatic carbocycles. The second-order valence-electron chi connectivity index (χ2n) is 7.94. The number of pyridine rings is 2. The van der Waals surface area contributed by atoms with Crippen molar-refractivity contribution in [3.8, 4) is 11.5 Å². The van der Waals surface area contributed by atoms with Crippen LogP contribution in [0, 0.1) is 6.92 Å². The Kier molecular flexibility index (Phi) is 5.93. The van der Waals surface area contributed by atoms with E-state index in [1.165, 1.54) is 0 Å². The van der Waals surface area contributed by atoms with Gasteiger partial charge < -0.3 is 19.7 Å². The minimum Gasteiger partial charge on any atom is -0.497 e. The number of benzene rings is 1. The average molecular weight is 421 g/mol. The molecule has 162 valence electrons. The van der Waals surface area contributed by atoms with Crippen molar-refractivity contribution in [2.75, 3.05) is 26.1 Å². The van der Waals surface area contributed by atoms with Gasteiger partial charge in [-0.2, -0.15) is 0 Å². The Hall–Kier alpha value is -3.35. The normalized spacial score (nSPS) is 16.3. The molecule has 0 bridgehead atoms. The molecule has 0 spiro atoms. The minimum absolute atomic E-state index is 0.0143. The molecule has 7 heteroatoms. The summed E-state index contributed by atoms with van der Waals surface area (Å²) in [6, 6.07) is 9.64. The van der Waals surface area contributed by atoms with Gasteiger partial charge in [0.15, 0.2) is 5.65 Å². The summed E-state index contributed by atoms with van der Waals surface area (Å²) in [4.78, 5) is 24.6. The van der Waals surface area contributed by atoms with Crippen LogP contribution >= 0.6 is 0 Å². The first-order valence-electron chi connectivity index (χ1n) is 10.6. The predicted molar refractivity (Wildman–Crippen MR) is 121 cm³/mol. The maximum atomic E-state index is 13.6. The van der Waals surface area contributed by atoms with Crippen LogP contribution in [0.25, 0.3) is 11.0 Å². The first kappa shape index (κ1) is 20.9. The molecule has 4 rings (SSSR count). The van der Waals surface area contributed by atoms with Crippen molar-refractivity contribution in [3.63, 3.8) is 0 Å². The molecule has 1 unspecified atom stereocenters. The van der Waals surface area contributed by atoms with Gasteiger partial charge in [0.25, 0.3) is 5.91 Å². The lowest BCUT2D eigenvalue weighted by Crippen LogP contribution is -2.42. The lowest BCUT2D eigenvalue weighted by atomic mass is 10.0. The number of hydrogen-bond acceptors (Lipinski definition) is 6. The number of aromatic nitrogens is 2. The molecule has 1 aliphatic rings. The maximum absolute atomic E-state index is 13.6. The number of likely N-dealkylation sites (tertiary alicyclic amines) is 1. The van der Waals surface area contributed by atoms with Crippen molar-refractivity contribution in [1.29, 1.82) is 0 Å². The highest BCUT2D eigenvalue weighted by Gasteiger charge is 2.27. The number of fused-ring (bicyclic) bond motifs is 1. The Labute approximate surface area is 182 Å². The average Bonchev–Trinajstić information content (AvgIpc) is 2.78. The van der Waals surface area contributed by atoms with Crippen LogP contribution in [0.1, 0.15) is 42.2 Å². The summed E-state index contributed by atoms with van der Waals surface area (Å²) < 4.78 is 10.8. The quantitative estimate of drug-likeness (QED) is 0.644. The molecule has 0 aliphatic carbocycles. The van der Waals surface area contributed by atoms with Gasteiger partial charge in [0.05, 0.1) is 25.5 Å². The van der Waals surface area contributed by atoms with E-state index >= 15 is 0 Å². The number of hydrogen-bond donors (Lipinski definition) is 1. The number of carbonyl (C=O) groups excluding carboxylic acids is 1. The van der Waals surface area contributed by atoms with Crippen molar-refractivity contribution >= 4 is 28.3 Å². The summed E-state index contributed by atoms with van der Waals surface area (Å²) in [5.74, 6) is 1.30. The van der Waals surface area contributed by atoms with Gasteiger partial charge >= 0.3 is 0 Å². The number of amides is 1. The third-order valence-electron chi connectivity index (χ3n) is 5.78. The van der Waals surface area contributed by atoms with Crippen LogP contribution in [-0.2, 0) is 0 Å². The van der Waals surface area contributed by atoms with Gasteiger partial charge in [-0.05, 0) is 45.2 Å². The van der Waals surface area contributed by atoms with Gasteiger partial charge in [-0.1, -0.05) is 0 Å². The van der Waals surface area contributed by atoms with E-state index in [9.17, 15) is 4.79 Å². The molecular weight excluding hydrogens is 392 g/mol. The number of piperidine rings is 1. The number of anilines is 2. The third-order valence-corrected chi connectivity index (χ3v) is 5.78. The number of ether oxygens (including phenoxy) is 2. The van der Waals surface area contributed by atoms with Gasteiger partial charge in [-0.3, -0.25) is 4.79 Å². The smallest absolute Gasteiger partial charge is 0.257 e. The second-order valence-corrected chi connectivity index (χ2v) is 7.94. The van der Waals surface area contributed by atoms with Crippen LogP contribution in [0.15, 0.2) is 36.5 Å². The summed E-state index contributed by atoms with van der Waals surface area (Å²) in [6.07, 6.45) is 4.83. The number of aryl methyl sites for hydroxylation is 1. The zero-order valence-electron chi connectivity index (χ0n) is 18.4. The Morgan fingerprint density at radius 1 is 1.13 bits per heavy atom. The van der Waals surface area contributed by atoms with Gasteiger partial charge in [-0.25, -0.2) is 9.97 Å². The molecule has 1 amide bonds. The van der Waals surface area contributed by atoms with E-state index in [4.69, 9.17) is 9.47 Å². The van der Waals surface area contributed by atoms with Crippen LogP contribution in [-0.4, -0.2) is 47.6 Å². The molecule has 3 heterocycles. The number of nitrogens with zero attached hydrogens (tertiary/aromatic N) is 3. The van der Waals surface area contributed by atoms with E-state index in [0.717, 1.165) is 42.6 Å². The largest absolute Gasteiger partial charge is 0.497 e.